The average Bonchev–Trinajstić information content (AvgIpc) is 2.69. The second-order valence-electron chi connectivity index (χ2n) is 6.99. The molecule has 2 aromatic carbocycles. The number of rotatable bonds is 7. The van der Waals surface area contributed by atoms with Crippen molar-refractivity contribution < 1.29 is 13.2 Å². The Kier molecular flexibility index (Phi) is 6.17. The number of ether oxygens (including phenoxy) is 1. The molecule has 0 fully saturated rings. The summed E-state index contributed by atoms with van der Waals surface area (Å²) in [6, 6.07) is 14.2. The summed E-state index contributed by atoms with van der Waals surface area (Å²) in [5, 5.41) is 8.24. The fourth-order valence-corrected chi connectivity index (χ4v) is 4.30. The van der Waals surface area contributed by atoms with E-state index in [1.54, 1.807) is 43.3 Å². The molecule has 0 unspecified atom stereocenters. The largest absolute Gasteiger partial charge is 0.477 e. The first kappa shape index (κ1) is 20.8. The number of aryl methyl sites for hydroxylation is 3. The smallest absolute Gasteiger partial charge is 0.262 e. The van der Waals surface area contributed by atoms with Crippen LogP contribution in [0.3, 0.4) is 0 Å². The SMILES string of the molecule is CCCOc1ccc(-c2cccc(NS(=O)(=O)c3cc(C)c(C)cc3C)c2)nn1. The second-order valence-corrected chi connectivity index (χ2v) is 8.64. The summed E-state index contributed by atoms with van der Waals surface area (Å²) >= 11 is 0. The standard InChI is InChI=1S/C22H25N3O3S/c1-5-11-28-22-10-9-20(23-24-22)18-7-6-8-19(14-18)25-29(26,27)21-13-16(3)15(2)12-17(21)4/h6-10,12-14,25H,5,11H2,1-4H3. The summed E-state index contributed by atoms with van der Waals surface area (Å²) in [5.74, 6) is 0.470. The minimum absolute atomic E-state index is 0.281. The summed E-state index contributed by atoms with van der Waals surface area (Å²) in [5.41, 5.74) is 4.58. The summed E-state index contributed by atoms with van der Waals surface area (Å²) in [6.45, 7) is 8.28. The quantitative estimate of drug-likeness (QED) is 0.612. The predicted molar refractivity (Wildman–Crippen MR) is 115 cm³/mol. The van der Waals surface area contributed by atoms with Crippen LogP contribution in [0.4, 0.5) is 5.69 Å². The molecule has 0 spiro atoms. The lowest BCUT2D eigenvalue weighted by molar-refractivity contribution is 0.302. The molecule has 0 atom stereocenters. The van der Waals surface area contributed by atoms with Crippen molar-refractivity contribution in [3.8, 4) is 17.1 Å². The molecule has 0 aliphatic carbocycles. The van der Waals surface area contributed by atoms with Gasteiger partial charge < -0.3 is 4.74 Å². The van der Waals surface area contributed by atoms with E-state index in [0.29, 0.717) is 29.4 Å². The third-order valence-electron chi connectivity index (χ3n) is 4.59. The lowest BCUT2D eigenvalue weighted by Gasteiger charge is -2.13. The molecule has 7 heteroatoms. The summed E-state index contributed by atoms with van der Waals surface area (Å²) < 4.78 is 34.0. The molecule has 0 aliphatic heterocycles. The number of sulfonamides is 1. The third-order valence-corrected chi connectivity index (χ3v) is 6.11. The average molecular weight is 412 g/mol. The minimum Gasteiger partial charge on any atom is -0.477 e. The lowest BCUT2D eigenvalue weighted by Crippen LogP contribution is -2.14. The Morgan fingerprint density at radius 2 is 1.69 bits per heavy atom. The maximum absolute atomic E-state index is 12.9. The van der Waals surface area contributed by atoms with Gasteiger partial charge in [-0.05, 0) is 68.1 Å². The molecule has 6 nitrogen and oxygen atoms in total. The van der Waals surface area contributed by atoms with Gasteiger partial charge in [0.05, 0.1) is 17.2 Å². The van der Waals surface area contributed by atoms with Crippen LogP contribution in [0.25, 0.3) is 11.3 Å². The van der Waals surface area contributed by atoms with Crippen LogP contribution in [0.1, 0.15) is 30.0 Å². The van der Waals surface area contributed by atoms with Crippen molar-refractivity contribution in [2.45, 2.75) is 39.0 Å². The summed E-state index contributed by atoms with van der Waals surface area (Å²) in [4.78, 5) is 0.281. The van der Waals surface area contributed by atoms with Crippen LogP contribution in [0.5, 0.6) is 5.88 Å². The van der Waals surface area contributed by atoms with E-state index in [1.807, 2.05) is 32.9 Å². The molecule has 3 aromatic rings. The topological polar surface area (TPSA) is 81.2 Å². The molecule has 0 aliphatic rings. The summed E-state index contributed by atoms with van der Waals surface area (Å²) in [6.07, 6.45) is 0.894. The van der Waals surface area contributed by atoms with Gasteiger partial charge in [-0.3, -0.25) is 4.72 Å². The molecule has 1 N–H and O–H groups in total. The Bertz CT molecular complexity index is 1110. The Labute approximate surface area is 172 Å². The zero-order chi connectivity index (χ0) is 21.0. The molecular formula is C22H25N3O3S. The van der Waals surface area contributed by atoms with Crippen LogP contribution in [-0.2, 0) is 10.0 Å². The normalized spacial score (nSPS) is 11.3. The Morgan fingerprint density at radius 3 is 2.38 bits per heavy atom. The van der Waals surface area contributed by atoms with Crippen molar-refractivity contribution in [1.82, 2.24) is 10.2 Å². The van der Waals surface area contributed by atoms with E-state index in [0.717, 1.165) is 23.1 Å². The van der Waals surface area contributed by atoms with E-state index in [4.69, 9.17) is 4.74 Å². The van der Waals surface area contributed by atoms with Gasteiger partial charge in [0.2, 0.25) is 5.88 Å². The van der Waals surface area contributed by atoms with Crippen LogP contribution in [0.2, 0.25) is 0 Å². The number of anilines is 1. The zero-order valence-corrected chi connectivity index (χ0v) is 17.9. The van der Waals surface area contributed by atoms with Crippen molar-refractivity contribution in [2.24, 2.45) is 0 Å². The van der Waals surface area contributed by atoms with Crippen molar-refractivity contribution in [3.63, 3.8) is 0 Å². The molecule has 0 saturated carbocycles. The molecular weight excluding hydrogens is 386 g/mol. The maximum Gasteiger partial charge on any atom is 0.262 e. The fraction of sp³-hybridized carbons (Fsp3) is 0.273. The van der Waals surface area contributed by atoms with Crippen LogP contribution >= 0.6 is 0 Å². The Morgan fingerprint density at radius 1 is 0.931 bits per heavy atom. The monoisotopic (exact) mass is 411 g/mol. The first-order chi connectivity index (χ1) is 13.8. The van der Waals surface area contributed by atoms with E-state index in [9.17, 15) is 8.42 Å². The first-order valence-corrected chi connectivity index (χ1v) is 11.0. The maximum atomic E-state index is 12.9. The number of hydrogen-bond donors (Lipinski definition) is 1. The van der Waals surface area contributed by atoms with Crippen molar-refractivity contribution in [2.75, 3.05) is 11.3 Å². The van der Waals surface area contributed by atoms with Gasteiger partial charge in [0.1, 0.15) is 0 Å². The molecule has 0 amide bonds. The van der Waals surface area contributed by atoms with E-state index in [1.165, 1.54) is 0 Å². The number of aromatic nitrogens is 2. The van der Waals surface area contributed by atoms with E-state index in [-0.39, 0.29) is 4.90 Å². The number of hydrogen-bond acceptors (Lipinski definition) is 5. The molecule has 1 heterocycles. The van der Waals surface area contributed by atoms with Gasteiger partial charge in [0.25, 0.3) is 10.0 Å². The van der Waals surface area contributed by atoms with Crippen molar-refractivity contribution >= 4 is 15.7 Å². The number of nitrogens with one attached hydrogen (secondary N) is 1. The Hall–Kier alpha value is -2.93. The minimum atomic E-state index is -3.71. The molecule has 1 aromatic heterocycles. The number of benzene rings is 2. The van der Waals surface area contributed by atoms with Gasteiger partial charge >= 0.3 is 0 Å². The van der Waals surface area contributed by atoms with Gasteiger partial charge in [-0.25, -0.2) is 8.42 Å². The summed E-state index contributed by atoms with van der Waals surface area (Å²) in [7, 11) is -3.71. The van der Waals surface area contributed by atoms with Gasteiger partial charge in [-0.1, -0.05) is 25.1 Å². The van der Waals surface area contributed by atoms with Crippen LogP contribution in [0, 0.1) is 20.8 Å². The Balaban J connectivity index is 1.85. The second kappa shape index (κ2) is 8.61. The van der Waals surface area contributed by atoms with Crippen LogP contribution in [0.15, 0.2) is 53.4 Å². The van der Waals surface area contributed by atoms with Gasteiger partial charge in [-0.2, -0.15) is 0 Å². The molecule has 29 heavy (non-hydrogen) atoms. The van der Waals surface area contributed by atoms with Gasteiger partial charge in [0.15, 0.2) is 0 Å². The van der Waals surface area contributed by atoms with Crippen molar-refractivity contribution in [3.05, 3.63) is 65.2 Å². The fourth-order valence-electron chi connectivity index (χ4n) is 2.93. The van der Waals surface area contributed by atoms with E-state index in [2.05, 4.69) is 14.9 Å². The molecule has 0 bridgehead atoms. The highest BCUT2D eigenvalue weighted by atomic mass is 32.2. The molecule has 0 radical (unpaired) electrons. The highest BCUT2D eigenvalue weighted by Crippen LogP contribution is 2.26. The predicted octanol–water partition coefficient (Wildman–Crippen LogP) is 4.66. The van der Waals surface area contributed by atoms with Crippen LogP contribution in [-0.4, -0.2) is 25.2 Å². The lowest BCUT2D eigenvalue weighted by atomic mass is 10.1. The van der Waals surface area contributed by atoms with Crippen molar-refractivity contribution in [1.29, 1.82) is 0 Å². The highest BCUT2D eigenvalue weighted by Gasteiger charge is 2.18. The molecule has 152 valence electrons. The van der Waals surface area contributed by atoms with Gasteiger partial charge in [0, 0.05) is 17.3 Å². The van der Waals surface area contributed by atoms with Crippen LogP contribution < -0.4 is 9.46 Å². The first-order valence-electron chi connectivity index (χ1n) is 9.48. The van der Waals surface area contributed by atoms with Gasteiger partial charge in [-0.15, -0.1) is 10.2 Å². The third kappa shape index (κ3) is 4.92. The highest BCUT2D eigenvalue weighted by molar-refractivity contribution is 7.92. The zero-order valence-electron chi connectivity index (χ0n) is 17.1. The molecule has 3 rings (SSSR count). The molecule has 0 saturated heterocycles. The number of nitrogens with zero attached hydrogens (tertiary/aromatic N) is 2. The van der Waals surface area contributed by atoms with E-state index < -0.39 is 10.0 Å². The van der Waals surface area contributed by atoms with E-state index >= 15 is 0 Å².